The van der Waals surface area contributed by atoms with E-state index >= 15 is 0 Å². The molecule has 6 heteroatoms. The maximum Gasteiger partial charge on any atom is 0.194 e. The molecule has 0 saturated heterocycles. The van der Waals surface area contributed by atoms with Crippen LogP contribution in [0.1, 0.15) is 0 Å². The van der Waals surface area contributed by atoms with Gasteiger partial charge in [-0.1, -0.05) is 0 Å². The SMILES string of the molecule is O=C(C(O)CO)[C@H](O)C(O)CO. The average molecular weight is 180 g/mol. The van der Waals surface area contributed by atoms with Gasteiger partial charge in [-0.2, -0.15) is 0 Å². The first-order valence-corrected chi connectivity index (χ1v) is 3.34. The van der Waals surface area contributed by atoms with Gasteiger partial charge in [-0.05, 0) is 0 Å². The Balaban J connectivity index is 4.09. The van der Waals surface area contributed by atoms with E-state index in [-0.39, 0.29) is 0 Å². The molecule has 0 aliphatic rings. The fourth-order valence-electron chi connectivity index (χ4n) is 0.577. The van der Waals surface area contributed by atoms with Crippen LogP contribution in [0.3, 0.4) is 0 Å². The number of ketones is 1. The third kappa shape index (κ3) is 2.84. The lowest BCUT2D eigenvalue weighted by molar-refractivity contribution is -0.144. The first kappa shape index (κ1) is 11.5. The molecule has 2 unspecified atom stereocenters. The lowest BCUT2D eigenvalue weighted by Crippen LogP contribution is -2.43. The van der Waals surface area contributed by atoms with Crippen molar-refractivity contribution in [2.75, 3.05) is 13.2 Å². The van der Waals surface area contributed by atoms with Crippen molar-refractivity contribution in [1.82, 2.24) is 0 Å². The number of hydrogen-bond donors (Lipinski definition) is 5. The van der Waals surface area contributed by atoms with Crippen LogP contribution in [0.15, 0.2) is 0 Å². The van der Waals surface area contributed by atoms with Crippen LogP contribution in [0.4, 0.5) is 0 Å². The van der Waals surface area contributed by atoms with E-state index in [2.05, 4.69) is 0 Å². The molecule has 0 fully saturated rings. The zero-order chi connectivity index (χ0) is 9.72. The Kier molecular flexibility index (Phi) is 4.95. The van der Waals surface area contributed by atoms with Crippen LogP contribution in [0.5, 0.6) is 0 Å². The van der Waals surface area contributed by atoms with Gasteiger partial charge >= 0.3 is 0 Å². The number of aliphatic hydroxyl groups excluding tert-OH is 5. The Morgan fingerprint density at radius 1 is 1.08 bits per heavy atom. The minimum Gasteiger partial charge on any atom is -0.394 e. The molecule has 3 atom stereocenters. The van der Waals surface area contributed by atoms with E-state index in [4.69, 9.17) is 25.5 Å². The predicted octanol–water partition coefficient (Wildman–Crippen LogP) is -3.38. The molecule has 0 aliphatic carbocycles. The summed E-state index contributed by atoms with van der Waals surface area (Å²) in [5.41, 5.74) is 0. The molecule has 6 nitrogen and oxygen atoms in total. The van der Waals surface area contributed by atoms with Crippen LogP contribution in [0.25, 0.3) is 0 Å². The normalized spacial score (nSPS) is 18.4. The summed E-state index contributed by atoms with van der Waals surface area (Å²) < 4.78 is 0. The summed E-state index contributed by atoms with van der Waals surface area (Å²) in [7, 11) is 0. The summed E-state index contributed by atoms with van der Waals surface area (Å²) in [6.45, 7) is -1.61. The van der Waals surface area contributed by atoms with Crippen molar-refractivity contribution >= 4 is 5.78 Å². The molecular weight excluding hydrogens is 168 g/mol. The van der Waals surface area contributed by atoms with E-state index in [1.807, 2.05) is 0 Å². The maximum absolute atomic E-state index is 10.7. The standard InChI is InChI=1S/C6H12O6/c7-1-3(9)5(11)6(12)4(10)2-8/h3-5,7-11H,1-2H2/t3?,4?,5-/m1/s1. The lowest BCUT2D eigenvalue weighted by Gasteiger charge is -2.16. The van der Waals surface area contributed by atoms with Crippen molar-refractivity contribution in [3.63, 3.8) is 0 Å². The van der Waals surface area contributed by atoms with E-state index < -0.39 is 37.3 Å². The number of Topliss-reactive ketones (excluding diaryl/α,β-unsaturated/α-hetero) is 1. The number of hydrogen-bond acceptors (Lipinski definition) is 6. The fraction of sp³-hybridized carbons (Fsp3) is 0.833. The molecule has 5 N–H and O–H groups in total. The molecule has 0 heterocycles. The van der Waals surface area contributed by atoms with Gasteiger partial charge in [-0.25, -0.2) is 0 Å². The average Bonchev–Trinajstić information content (AvgIpc) is 2.12. The van der Waals surface area contributed by atoms with Gasteiger partial charge < -0.3 is 25.5 Å². The zero-order valence-corrected chi connectivity index (χ0v) is 6.29. The highest BCUT2D eigenvalue weighted by Crippen LogP contribution is 1.98. The predicted molar refractivity (Wildman–Crippen MR) is 37.2 cm³/mol. The highest BCUT2D eigenvalue weighted by molar-refractivity contribution is 5.87. The molecule has 0 bridgehead atoms. The Labute approximate surface area is 68.7 Å². The molecule has 0 aromatic heterocycles. The molecular formula is C6H12O6. The van der Waals surface area contributed by atoms with E-state index in [0.717, 1.165) is 0 Å². The monoisotopic (exact) mass is 180 g/mol. The molecule has 0 spiro atoms. The highest BCUT2D eigenvalue weighted by Gasteiger charge is 2.28. The van der Waals surface area contributed by atoms with Gasteiger partial charge in [0.1, 0.15) is 18.3 Å². The summed E-state index contributed by atoms with van der Waals surface area (Å²) in [5.74, 6) is -1.11. The molecule has 0 radical (unpaired) electrons. The van der Waals surface area contributed by atoms with Crippen molar-refractivity contribution in [3.8, 4) is 0 Å². The first-order chi connectivity index (χ1) is 5.54. The Bertz CT molecular complexity index is 147. The van der Waals surface area contributed by atoms with E-state index in [9.17, 15) is 4.79 Å². The lowest BCUT2D eigenvalue weighted by atomic mass is 10.1. The van der Waals surface area contributed by atoms with Gasteiger partial charge in [-0.15, -0.1) is 0 Å². The molecule has 12 heavy (non-hydrogen) atoms. The van der Waals surface area contributed by atoms with Gasteiger partial charge in [0.2, 0.25) is 0 Å². The van der Waals surface area contributed by atoms with E-state index in [1.165, 1.54) is 0 Å². The Morgan fingerprint density at radius 3 is 1.92 bits per heavy atom. The zero-order valence-electron chi connectivity index (χ0n) is 6.29. The van der Waals surface area contributed by atoms with Crippen LogP contribution in [0, 0.1) is 0 Å². The molecule has 0 aliphatic heterocycles. The summed E-state index contributed by atoms with van der Waals surface area (Å²) in [5, 5.41) is 42.9. The largest absolute Gasteiger partial charge is 0.394 e. The summed E-state index contributed by atoms with van der Waals surface area (Å²) in [4.78, 5) is 10.7. The molecule has 0 aromatic carbocycles. The van der Waals surface area contributed by atoms with Crippen molar-refractivity contribution < 1.29 is 30.3 Å². The van der Waals surface area contributed by atoms with Crippen LogP contribution in [0.2, 0.25) is 0 Å². The van der Waals surface area contributed by atoms with Crippen LogP contribution in [-0.2, 0) is 4.79 Å². The maximum atomic E-state index is 10.7. The quantitative estimate of drug-likeness (QED) is 0.301. The molecule has 0 aromatic rings. The molecule has 72 valence electrons. The van der Waals surface area contributed by atoms with Gasteiger partial charge in [-0.3, -0.25) is 4.79 Å². The smallest absolute Gasteiger partial charge is 0.194 e. The minimum absolute atomic E-state index is 0.787. The summed E-state index contributed by atoms with van der Waals surface area (Å²) in [6, 6.07) is 0. The Hall–Kier alpha value is -0.530. The van der Waals surface area contributed by atoms with Gasteiger partial charge in [0.15, 0.2) is 5.78 Å². The number of rotatable bonds is 5. The topological polar surface area (TPSA) is 118 Å². The van der Waals surface area contributed by atoms with Crippen molar-refractivity contribution in [2.24, 2.45) is 0 Å². The van der Waals surface area contributed by atoms with Gasteiger partial charge in [0.05, 0.1) is 13.2 Å². The number of carbonyl (C=O) groups excluding carboxylic acids is 1. The van der Waals surface area contributed by atoms with Crippen LogP contribution in [-0.4, -0.2) is 62.8 Å². The highest BCUT2D eigenvalue weighted by atomic mass is 16.4. The number of carbonyl (C=O) groups is 1. The molecule has 0 amide bonds. The van der Waals surface area contributed by atoms with Gasteiger partial charge in [0, 0.05) is 0 Å². The van der Waals surface area contributed by atoms with E-state index in [1.54, 1.807) is 0 Å². The fourth-order valence-corrected chi connectivity index (χ4v) is 0.577. The van der Waals surface area contributed by atoms with Gasteiger partial charge in [0.25, 0.3) is 0 Å². The van der Waals surface area contributed by atoms with Crippen LogP contribution >= 0.6 is 0 Å². The summed E-state index contributed by atoms with van der Waals surface area (Å²) >= 11 is 0. The second-order valence-electron chi connectivity index (χ2n) is 2.30. The van der Waals surface area contributed by atoms with Crippen molar-refractivity contribution in [3.05, 3.63) is 0 Å². The second-order valence-corrected chi connectivity index (χ2v) is 2.30. The third-order valence-corrected chi connectivity index (χ3v) is 1.34. The van der Waals surface area contributed by atoms with E-state index in [0.29, 0.717) is 0 Å². The van der Waals surface area contributed by atoms with Crippen molar-refractivity contribution in [2.45, 2.75) is 18.3 Å². The first-order valence-electron chi connectivity index (χ1n) is 3.34. The molecule has 0 saturated carbocycles. The minimum atomic E-state index is -1.86. The van der Waals surface area contributed by atoms with Crippen molar-refractivity contribution in [1.29, 1.82) is 0 Å². The Morgan fingerprint density at radius 2 is 1.58 bits per heavy atom. The summed E-state index contributed by atoms with van der Waals surface area (Å²) in [6.07, 6.45) is -5.21. The van der Waals surface area contributed by atoms with Crippen LogP contribution < -0.4 is 0 Å². The third-order valence-electron chi connectivity index (χ3n) is 1.34. The molecule has 0 rings (SSSR count). The number of aliphatic hydroxyl groups is 5. The second kappa shape index (κ2) is 5.18.